The Morgan fingerprint density at radius 3 is 3.11 bits per heavy atom. The molecule has 2 aromatic rings. The predicted octanol–water partition coefficient (Wildman–Crippen LogP) is 1.29. The van der Waals surface area contributed by atoms with Gasteiger partial charge in [-0.05, 0) is 25.0 Å². The molecule has 5 heteroatoms. The summed E-state index contributed by atoms with van der Waals surface area (Å²) in [5.74, 6) is 0.645. The lowest BCUT2D eigenvalue weighted by Gasteiger charge is -2.16. The first-order valence-corrected chi connectivity index (χ1v) is 6.69. The van der Waals surface area contributed by atoms with Crippen molar-refractivity contribution in [2.45, 2.75) is 25.3 Å². The molecule has 100 valence electrons. The van der Waals surface area contributed by atoms with Crippen molar-refractivity contribution in [3.8, 4) is 0 Å². The Labute approximate surface area is 112 Å². The summed E-state index contributed by atoms with van der Waals surface area (Å²) in [6.07, 6.45) is 7.34. The van der Waals surface area contributed by atoms with Gasteiger partial charge in [-0.2, -0.15) is 0 Å². The van der Waals surface area contributed by atoms with E-state index in [1.165, 1.54) is 12.8 Å². The van der Waals surface area contributed by atoms with Gasteiger partial charge in [0.1, 0.15) is 5.65 Å². The molecule has 0 aliphatic heterocycles. The quantitative estimate of drug-likeness (QED) is 0.663. The van der Waals surface area contributed by atoms with Crippen LogP contribution < -0.4 is 5.73 Å². The molecule has 3 rings (SSSR count). The number of guanidine groups is 1. The lowest BCUT2D eigenvalue weighted by Crippen LogP contribution is -2.35. The van der Waals surface area contributed by atoms with E-state index in [0.29, 0.717) is 18.5 Å². The van der Waals surface area contributed by atoms with Gasteiger partial charge in [0.2, 0.25) is 0 Å². The minimum atomic E-state index is 0.610. The molecule has 0 unspecified atom stereocenters. The maximum Gasteiger partial charge on any atom is 0.191 e. The van der Waals surface area contributed by atoms with Gasteiger partial charge in [-0.25, -0.2) is 4.98 Å². The highest BCUT2D eigenvalue weighted by Gasteiger charge is 2.27. The first kappa shape index (κ1) is 12.0. The summed E-state index contributed by atoms with van der Waals surface area (Å²) < 4.78 is 2.03. The second-order valence-corrected chi connectivity index (χ2v) is 5.03. The van der Waals surface area contributed by atoms with E-state index in [-0.39, 0.29) is 0 Å². The van der Waals surface area contributed by atoms with Crippen LogP contribution in [-0.4, -0.2) is 39.9 Å². The molecule has 2 heterocycles. The molecule has 1 aliphatic carbocycles. The third-order valence-electron chi connectivity index (χ3n) is 3.51. The SMILES string of the molecule is CN(C(N)=NCCc1cn2ccccc2n1)C1CC1. The number of aliphatic imine (C=N–C) groups is 1. The molecule has 0 amide bonds. The third kappa shape index (κ3) is 2.70. The average molecular weight is 257 g/mol. The fourth-order valence-electron chi connectivity index (χ4n) is 2.15. The van der Waals surface area contributed by atoms with Gasteiger partial charge in [-0.15, -0.1) is 0 Å². The van der Waals surface area contributed by atoms with Crippen molar-refractivity contribution in [1.29, 1.82) is 0 Å². The minimum Gasteiger partial charge on any atom is -0.370 e. The highest BCUT2D eigenvalue weighted by Crippen LogP contribution is 2.24. The van der Waals surface area contributed by atoms with Crippen LogP contribution in [-0.2, 0) is 6.42 Å². The molecule has 0 saturated heterocycles. The summed E-state index contributed by atoms with van der Waals surface area (Å²) in [7, 11) is 2.02. The standard InChI is InChI=1S/C14H19N5/c1-18(12-5-6-12)14(15)16-8-7-11-10-19-9-3-2-4-13(19)17-11/h2-4,9-10,12H,5-8H2,1H3,(H2,15,16). The van der Waals surface area contributed by atoms with Crippen LogP contribution in [0.3, 0.4) is 0 Å². The highest BCUT2D eigenvalue weighted by molar-refractivity contribution is 5.78. The van der Waals surface area contributed by atoms with Crippen molar-refractivity contribution >= 4 is 11.6 Å². The number of aromatic nitrogens is 2. The maximum atomic E-state index is 5.95. The Morgan fingerprint density at radius 2 is 2.37 bits per heavy atom. The van der Waals surface area contributed by atoms with Crippen molar-refractivity contribution in [3.63, 3.8) is 0 Å². The zero-order chi connectivity index (χ0) is 13.2. The molecule has 2 aromatic heterocycles. The molecule has 5 nitrogen and oxygen atoms in total. The van der Waals surface area contributed by atoms with Crippen molar-refractivity contribution in [2.75, 3.05) is 13.6 Å². The van der Waals surface area contributed by atoms with E-state index < -0.39 is 0 Å². The maximum absolute atomic E-state index is 5.95. The Bertz CT molecular complexity index is 564. The summed E-state index contributed by atoms with van der Waals surface area (Å²) >= 11 is 0. The topological polar surface area (TPSA) is 58.9 Å². The summed E-state index contributed by atoms with van der Waals surface area (Å²) in [5, 5.41) is 0. The Morgan fingerprint density at radius 1 is 1.53 bits per heavy atom. The van der Waals surface area contributed by atoms with E-state index in [9.17, 15) is 0 Å². The highest BCUT2D eigenvalue weighted by atomic mass is 15.3. The average Bonchev–Trinajstić information content (AvgIpc) is 3.17. The first-order chi connectivity index (χ1) is 9.24. The molecule has 19 heavy (non-hydrogen) atoms. The van der Waals surface area contributed by atoms with Crippen molar-refractivity contribution in [1.82, 2.24) is 14.3 Å². The molecular weight excluding hydrogens is 238 g/mol. The molecule has 0 bridgehead atoms. The van der Waals surface area contributed by atoms with E-state index in [2.05, 4.69) is 14.9 Å². The fraction of sp³-hybridized carbons (Fsp3) is 0.429. The van der Waals surface area contributed by atoms with Gasteiger partial charge < -0.3 is 15.0 Å². The Balaban J connectivity index is 1.60. The van der Waals surface area contributed by atoms with E-state index in [4.69, 9.17) is 5.73 Å². The number of rotatable bonds is 4. The second-order valence-electron chi connectivity index (χ2n) is 5.03. The van der Waals surface area contributed by atoms with Crippen molar-refractivity contribution in [2.24, 2.45) is 10.7 Å². The molecule has 0 spiro atoms. The number of hydrogen-bond acceptors (Lipinski definition) is 2. The summed E-state index contributed by atoms with van der Waals surface area (Å²) in [6, 6.07) is 6.60. The predicted molar refractivity (Wildman–Crippen MR) is 76.2 cm³/mol. The monoisotopic (exact) mass is 257 g/mol. The van der Waals surface area contributed by atoms with Gasteiger partial charge in [0.05, 0.1) is 5.69 Å². The van der Waals surface area contributed by atoms with Crippen LogP contribution in [0.4, 0.5) is 0 Å². The van der Waals surface area contributed by atoms with Gasteiger partial charge in [0.25, 0.3) is 0 Å². The molecule has 1 fully saturated rings. The molecule has 1 saturated carbocycles. The Hall–Kier alpha value is -2.04. The molecule has 0 aromatic carbocycles. The van der Waals surface area contributed by atoms with Crippen molar-refractivity contribution < 1.29 is 0 Å². The van der Waals surface area contributed by atoms with Crippen LogP contribution in [0, 0.1) is 0 Å². The van der Waals surface area contributed by atoms with Crippen molar-refractivity contribution in [3.05, 3.63) is 36.3 Å². The number of nitrogens with two attached hydrogens (primary N) is 1. The zero-order valence-electron chi connectivity index (χ0n) is 11.2. The van der Waals surface area contributed by atoms with Gasteiger partial charge in [0.15, 0.2) is 5.96 Å². The normalized spacial score (nSPS) is 15.9. The van der Waals surface area contributed by atoms with Crippen LogP contribution in [0.1, 0.15) is 18.5 Å². The molecule has 1 aliphatic rings. The van der Waals surface area contributed by atoms with E-state index in [1.54, 1.807) is 0 Å². The lowest BCUT2D eigenvalue weighted by atomic mass is 10.3. The summed E-state index contributed by atoms with van der Waals surface area (Å²) in [6.45, 7) is 0.687. The number of pyridine rings is 1. The smallest absolute Gasteiger partial charge is 0.191 e. The van der Waals surface area contributed by atoms with E-state index in [1.807, 2.05) is 42.0 Å². The van der Waals surface area contributed by atoms with Gasteiger partial charge in [0, 0.05) is 38.4 Å². The van der Waals surface area contributed by atoms with E-state index >= 15 is 0 Å². The summed E-state index contributed by atoms with van der Waals surface area (Å²) in [5.41, 5.74) is 7.98. The third-order valence-corrected chi connectivity index (χ3v) is 3.51. The number of imidazole rings is 1. The largest absolute Gasteiger partial charge is 0.370 e. The first-order valence-electron chi connectivity index (χ1n) is 6.69. The second kappa shape index (κ2) is 4.91. The molecule has 0 radical (unpaired) electrons. The van der Waals surface area contributed by atoms with Crippen LogP contribution >= 0.6 is 0 Å². The fourth-order valence-corrected chi connectivity index (χ4v) is 2.15. The molecular formula is C14H19N5. The molecule has 2 N–H and O–H groups in total. The lowest BCUT2D eigenvalue weighted by molar-refractivity contribution is 0.487. The van der Waals surface area contributed by atoms with Crippen LogP contribution in [0.5, 0.6) is 0 Å². The molecule has 0 atom stereocenters. The van der Waals surface area contributed by atoms with Gasteiger partial charge >= 0.3 is 0 Å². The van der Waals surface area contributed by atoms with Crippen LogP contribution in [0.2, 0.25) is 0 Å². The van der Waals surface area contributed by atoms with Crippen LogP contribution in [0.25, 0.3) is 5.65 Å². The Kier molecular flexibility index (Phi) is 3.11. The number of nitrogens with zero attached hydrogens (tertiary/aromatic N) is 4. The minimum absolute atomic E-state index is 0.610. The van der Waals surface area contributed by atoms with Gasteiger partial charge in [-0.1, -0.05) is 6.07 Å². The number of hydrogen-bond donors (Lipinski definition) is 1. The van der Waals surface area contributed by atoms with Gasteiger partial charge in [-0.3, -0.25) is 4.99 Å². The zero-order valence-corrected chi connectivity index (χ0v) is 11.2. The van der Waals surface area contributed by atoms with Crippen LogP contribution in [0.15, 0.2) is 35.6 Å². The number of fused-ring (bicyclic) bond motifs is 1. The van der Waals surface area contributed by atoms with E-state index in [0.717, 1.165) is 17.8 Å². The summed E-state index contributed by atoms with van der Waals surface area (Å²) in [4.78, 5) is 11.0.